The molecule has 0 bridgehead atoms. The largest absolute Gasteiger partial charge is 0.467 e. The lowest BCUT2D eigenvalue weighted by Crippen LogP contribution is -2.55. The average molecular weight is 451 g/mol. The van der Waals surface area contributed by atoms with Gasteiger partial charge in [0.05, 0.1) is 13.3 Å². The molecule has 1 aromatic rings. The van der Waals surface area contributed by atoms with E-state index in [-0.39, 0.29) is 5.69 Å². The van der Waals surface area contributed by atoms with Crippen LogP contribution in [0.1, 0.15) is 91.1 Å². The average Bonchev–Trinajstić information content (AvgIpc) is 2.78. The summed E-state index contributed by atoms with van der Waals surface area (Å²) in [6.45, 7) is 13.3. The van der Waals surface area contributed by atoms with E-state index in [1.54, 1.807) is 20.8 Å². The quantitative estimate of drug-likeness (QED) is 0.658. The monoisotopic (exact) mass is 450 g/mol. The van der Waals surface area contributed by atoms with Gasteiger partial charge in [0.1, 0.15) is 17.8 Å². The minimum Gasteiger partial charge on any atom is -0.467 e. The Kier molecular flexibility index (Phi) is 14.1. The fraction of sp³-hybridized carbons (Fsp3) is 0.708. The van der Waals surface area contributed by atoms with Crippen LogP contribution in [0.25, 0.3) is 0 Å². The fourth-order valence-corrected chi connectivity index (χ4v) is 3.07. The van der Waals surface area contributed by atoms with Crippen molar-refractivity contribution >= 4 is 17.8 Å². The molecule has 1 aromatic heterocycles. The van der Waals surface area contributed by atoms with Crippen molar-refractivity contribution in [3.8, 4) is 0 Å². The van der Waals surface area contributed by atoms with Crippen molar-refractivity contribution in [2.75, 3.05) is 7.11 Å². The minimum absolute atomic E-state index is 0.104. The minimum atomic E-state index is -0.848. The third kappa shape index (κ3) is 11.2. The van der Waals surface area contributed by atoms with Gasteiger partial charge < -0.3 is 15.4 Å². The Morgan fingerprint density at radius 3 is 2.06 bits per heavy atom. The predicted octanol–water partition coefficient (Wildman–Crippen LogP) is 3.91. The van der Waals surface area contributed by atoms with E-state index in [1.807, 2.05) is 13.8 Å². The van der Waals surface area contributed by atoms with Gasteiger partial charge in [-0.25, -0.2) is 9.78 Å². The Labute approximate surface area is 193 Å². The van der Waals surface area contributed by atoms with Gasteiger partial charge in [0, 0.05) is 12.4 Å². The molecule has 1 aliphatic rings. The van der Waals surface area contributed by atoms with E-state index in [0.717, 1.165) is 5.92 Å². The molecular weight excluding hydrogens is 408 g/mol. The number of hydrogen-bond acceptors (Lipinski definition) is 6. The molecule has 2 amide bonds. The van der Waals surface area contributed by atoms with Crippen molar-refractivity contribution < 1.29 is 19.1 Å². The second-order valence-corrected chi connectivity index (χ2v) is 8.86. The fourth-order valence-electron chi connectivity index (χ4n) is 3.07. The summed E-state index contributed by atoms with van der Waals surface area (Å²) in [6.07, 6.45) is 11.6. The highest BCUT2D eigenvalue weighted by atomic mass is 16.5. The topological polar surface area (TPSA) is 110 Å². The van der Waals surface area contributed by atoms with Gasteiger partial charge in [-0.15, -0.1) is 0 Å². The van der Waals surface area contributed by atoms with Crippen LogP contribution in [0.4, 0.5) is 0 Å². The smallest absolute Gasteiger partial charge is 0.328 e. The number of aromatic nitrogens is 2. The number of hydrogen-bond donors (Lipinski definition) is 2. The highest BCUT2D eigenvalue weighted by Crippen LogP contribution is 2.22. The van der Waals surface area contributed by atoms with Crippen molar-refractivity contribution in [3.63, 3.8) is 0 Å². The van der Waals surface area contributed by atoms with Crippen LogP contribution in [0.2, 0.25) is 0 Å². The molecule has 0 saturated heterocycles. The third-order valence-corrected chi connectivity index (χ3v) is 5.02. The molecule has 1 heterocycles. The van der Waals surface area contributed by atoms with Crippen molar-refractivity contribution in [1.82, 2.24) is 20.6 Å². The number of carbonyl (C=O) groups excluding carboxylic acids is 3. The first-order valence-electron chi connectivity index (χ1n) is 11.5. The van der Waals surface area contributed by atoms with Crippen molar-refractivity contribution in [1.29, 1.82) is 0 Å². The molecule has 8 heteroatoms. The van der Waals surface area contributed by atoms with E-state index in [0.29, 0.717) is 0 Å². The highest BCUT2D eigenvalue weighted by Gasteiger charge is 2.34. The Bertz CT molecular complexity index is 683. The summed E-state index contributed by atoms with van der Waals surface area (Å²) >= 11 is 0. The number of nitrogens with one attached hydrogen (secondary N) is 2. The van der Waals surface area contributed by atoms with E-state index in [9.17, 15) is 14.4 Å². The predicted molar refractivity (Wildman–Crippen MR) is 126 cm³/mol. The SMILES string of the molecule is CC.CC1CCCCC1.COC(=O)C(NC(=O)C(C)NC(=O)c1cnccn1)C(C)(C)C. The lowest BCUT2D eigenvalue weighted by atomic mass is 9.86. The van der Waals surface area contributed by atoms with Crippen molar-refractivity contribution in [2.45, 2.75) is 92.7 Å². The molecule has 182 valence electrons. The maximum atomic E-state index is 12.2. The zero-order valence-electron chi connectivity index (χ0n) is 21.0. The van der Waals surface area contributed by atoms with Gasteiger partial charge in [0.25, 0.3) is 5.91 Å². The zero-order valence-corrected chi connectivity index (χ0v) is 21.0. The van der Waals surface area contributed by atoms with Crippen molar-refractivity contribution in [2.24, 2.45) is 11.3 Å². The molecule has 1 fully saturated rings. The molecule has 2 unspecified atom stereocenters. The normalized spacial score (nSPS) is 15.5. The number of esters is 1. The number of rotatable bonds is 5. The van der Waals surface area contributed by atoms with E-state index in [1.165, 1.54) is 64.7 Å². The summed E-state index contributed by atoms with van der Waals surface area (Å²) < 4.78 is 4.71. The second kappa shape index (κ2) is 15.3. The molecule has 2 N–H and O–H groups in total. The van der Waals surface area contributed by atoms with Crippen molar-refractivity contribution in [3.05, 3.63) is 24.3 Å². The van der Waals surface area contributed by atoms with E-state index in [4.69, 9.17) is 4.74 Å². The van der Waals surface area contributed by atoms with E-state index in [2.05, 4.69) is 27.5 Å². The molecule has 0 spiro atoms. The standard InChI is InChI=1S/C15H22N4O4.C7H14.C2H6/c1-9(18-13(21)10-8-16-6-7-17-10)12(20)19-11(14(22)23-5)15(2,3)4;1-7-5-3-2-4-6-7;1-2/h6-9,11H,1-5H3,(H,18,21)(H,19,20);7H,2-6H2,1H3;1-2H3. The second-order valence-electron chi connectivity index (χ2n) is 8.86. The number of methoxy groups -OCH3 is 1. The van der Waals surface area contributed by atoms with Crippen LogP contribution in [0.3, 0.4) is 0 Å². The lowest BCUT2D eigenvalue weighted by molar-refractivity contribution is -0.148. The van der Waals surface area contributed by atoms with Crippen LogP contribution >= 0.6 is 0 Å². The third-order valence-electron chi connectivity index (χ3n) is 5.02. The molecule has 0 radical (unpaired) electrons. The van der Waals surface area contributed by atoms with Crippen LogP contribution in [-0.2, 0) is 14.3 Å². The van der Waals surface area contributed by atoms with Crippen LogP contribution in [0.15, 0.2) is 18.6 Å². The van der Waals surface area contributed by atoms with Gasteiger partial charge in [-0.05, 0) is 18.3 Å². The van der Waals surface area contributed by atoms with Crippen LogP contribution in [0.5, 0.6) is 0 Å². The Morgan fingerprint density at radius 1 is 1.06 bits per heavy atom. The van der Waals surface area contributed by atoms with Crippen LogP contribution in [-0.4, -0.2) is 46.9 Å². The summed E-state index contributed by atoms with van der Waals surface area (Å²) in [5.74, 6) is -0.522. The molecular formula is C24H42N4O4. The van der Waals surface area contributed by atoms with Gasteiger partial charge in [0.2, 0.25) is 5.91 Å². The molecule has 0 aromatic carbocycles. The maximum Gasteiger partial charge on any atom is 0.328 e. The molecule has 32 heavy (non-hydrogen) atoms. The van der Waals surface area contributed by atoms with Gasteiger partial charge in [-0.2, -0.15) is 0 Å². The summed E-state index contributed by atoms with van der Waals surface area (Å²) in [5, 5.41) is 5.10. The van der Waals surface area contributed by atoms with Gasteiger partial charge >= 0.3 is 5.97 Å². The molecule has 2 atom stereocenters. The summed E-state index contributed by atoms with van der Waals surface area (Å²) in [6, 6.07) is -1.67. The number of ether oxygens (including phenoxy) is 1. The lowest BCUT2D eigenvalue weighted by Gasteiger charge is -2.30. The first-order chi connectivity index (χ1) is 15.1. The van der Waals surface area contributed by atoms with E-state index < -0.39 is 35.3 Å². The summed E-state index contributed by atoms with van der Waals surface area (Å²) in [7, 11) is 1.26. The number of amides is 2. The molecule has 1 aliphatic carbocycles. The zero-order chi connectivity index (χ0) is 24.7. The van der Waals surface area contributed by atoms with Gasteiger partial charge in [-0.1, -0.05) is 73.6 Å². The molecule has 0 aliphatic heterocycles. The molecule has 8 nitrogen and oxygen atoms in total. The Morgan fingerprint density at radius 2 is 1.66 bits per heavy atom. The number of nitrogens with zero attached hydrogens (tertiary/aromatic N) is 2. The first-order valence-corrected chi connectivity index (χ1v) is 11.5. The molecule has 1 saturated carbocycles. The Balaban J connectivity index is 0.000000889. The summed E-state index contributed by atoms with van der Waals surface area (Å²) in [4.78, 5) is 43.6. The van der Waals surface area contributed by atoms with Gasteiger partial charge in [0.15, 0.2) is 0 Å². The highest BCUT2D eigenvalue weighted by molar-refractivity contribution is 5.96. The number of carbonyl (C=O) groups is 3. The first kappa shape index (κ1) is 29.5. The maximum absolute atomic E-state index is 12.2. The summed E-state index contributed by atoms with van der Waals surface area (Å²) in [5.41, 5.74) is -0.426. The Hall–Kier alpha value is -2.51. The van der Waals surface area contributed by atoms with Crippen LogP contribution in [0, 0.1) is 11.3 Å². The molecule has 2 rings (SSSR count). The van der Waals surface area contributed by atoms with Crippen LogP contribution < -0.4 is 10.6 Å². The van der Waals surface area contributed by atoms with Gasteiger partial charge in [-0.3, -0.25) is 14.6 Å². The van der Waals surface area contributed by atoms with E-state index >= 15 is 0 Å².